The predicted octanol–water partition coefficient (Wildman–Crippen LogP) is 6.83. The Morgan fingerprint density at radius 2 is 1.42 bits per heavy atom. The Hall–Kier alpha value is -3.84. The topological polar surface area (TPSA) is 78.5 Å². The SMILES string of the molecule is O=C(Nc1cccc2ccccc12)c1ccc(NC2=C(Cl)C(=O)N(c3cc(Cl)cc(Cl)c3)C2=O)cc1. The van der Waals surface area contributed by atoms with Crippen molar-refractivity contribution in [2.75, 3.05) is 15.5 Å². The second-order valence-electron chi connectivity index (χ2n) is 7.95. The molecule has 1 aliphatic rings. The number of benzene rings is 4. The zero-order valence-corrected chi connectivity index (χ0v) is 20.7. The van der Waals surface area contributed by atoms with E-state index in [1.807, 2.05) is 42.5 Å². The molecule has 1 aliphatic heterocycles. The number of anilines is 3. The summed E-state index contributed by atoms with van der Waals surface area (Å²) in [5, 5.41) is 8.03. The van der Waals surface area contributed by atoms with Crippen LogP contribution in [0.5, 0.6) is 0 Å². The number of nitrogens with one attached hydrogen (secondary N) is 2. The smallest absolute Gasteiger partial charge is 0.283 e. The minimum absolute atomic E-state index is 0.0919. The van der Waals surface area contributed by atoms with Crippen LogP contribution < -0.4 is 15.5 Å². The van der Waals surface area contributed by atoms with E-state index in [-0.39, 0.29) is 32.4 Å². The third-order valence-electron chi connectivity index (χ3n) is 5.59. The van der Waals surface area contributed by atoms with E-state index in [1.54, 1.807) is 24.3 Å². The number of nitrogens with zero attached hydrogens (tertiary/aromatic N) is 1. The first-order valence-electron chi connectivity index (χ1n) is 10.7. The minimum Gasteiger partial charge on any atom is -0.350 e. The number of fused-ring (bicyclic) bond motifs is 1. The van der Waals surface area contributed by atoms with Crippen molar-refractivity contribution in [1.82, 2.24) is 0 Å². The van der Waals surface area contributed by atoms with Gasteiger partial charge in [0.2, 0.25) is 0 Å². The predicted molar refractivity (Wildman–Crippen MR) is 144 cm³/mol. The van der Waals surface area contributed by atoms with Gasteiger partial charge in [0.1, 0.15) is 10.7 Å². The molecule has 0 atom stereocenters. The molecule has 0 saturated carbocycles. The number of rotatable bonds is 5. The molecule has 178 valence electrons. The van der Waals surface area contributed by atoms with Crippen LogP contribution in [0.2, 0.25) is 10.0 Å². The van der Waals surface area contributed by atoms with E-state index in [4.69, 9.17) is 34.8 Å². The highest BCUT2D eigenvalue weighted by molar-refractivity contribution is 6.53. The van der Waals surface area contributed by atoms with Crippen molar-refractivity contribution in [3.05, 3.63) is 111 Å². The lowest BCUT2D eigenvalue weighted by molar-refractivity contribution is -0.120. The van der Waals surface area contributed by atoms with Crippen LogP contribution in [0, 0.1) is 0 Å². The monoisotopic (exact) mass is 535 g/mol. The molecule has 4 aromatic rings. The van der Waals surface area contributed by atoms with E-state index in [0.717, 1.165) is 15.7 Å². The summed E-state index contributed by atoms with van der Waals surface area (Å²) >= 11 is 18.2. The fourth-order valence-electron chi connectivity index (χ4n) is 3.89. The summed E-state index contributed by atoms with van der Waals surface area (Å²) in [6, 6.07) is 24.3. The summed E-state index contributed by atoms with van der Waals surface area (Å²) in [5.41, 5.74) is 1.70. The van der Waals surface area contributed by atoms with Crippen molar-refractivity contribution in [1.29, 1.82) is 0 Å². The van der Waals surface area contributed by atoms with Crippen molar-refractivity contribution in [2.45, 2.75) is 0 Å². The molecule has 0 fully saturated rings. The Morgan fingerprint density at radius 3 is 2.14 bits per heavy atom. The summed E-state index contributed by atoms with van der Waals surface area (Å²) < 4.78 is 0. The van der Waals surface area contributed by atoms with Crippen molar-refractivity contribution in [3.8, 4) is 0 Å². The van der Waals surface area contributed by atoms with Crippen LogP contribution in [0.15, 0.2) is 95.7 Å². The Morgan fingerprint density at radius 1 is 0.750 bits per heavy atom. The molecule has 9 heteroatoms. The van der Waals surface area contributed by atoms with E-state index < -0.39 is 11.8 Å². The molecule has 0 bridgehead atoms. The van der Waals surface area contributed by atoms with Gasteiger partial charge < -0.3 is 10.6 Å². The van der Waals surface area contributed by atoms with Crippen LogP contribution in [0.4, 0.5) is 17.1 Å². The van der Waals surface area contributed by atoms with Gasteiger partial charge in [-0.05, 0) is 53.9 Å². The summed E-state index contributed by atoms with van der Waals surface area (Å²) in [4.78, 5) is 39.4. The second-order valence-corrected chi connectivity index (χ2v) is 9.20. The van der Waals surface area contributed by atoms with Gasteiger partial charge in [0.25, 0.3) is 17.7 Å². The maximum atomic E-state index is 13.0. The van der Waals surface area contributed by atoms with Gasteiger partial charge >= 0.3 is 0 Å². The maximum absolute atomic E-state index is 13.0. The van der Waals surface area contributed by atoms with E-state index >= 15 is 0 Å². The molecule has 0 radical (unpaired) electrons. The first-order valence-corrected chi connectivity index (χ1v) is 11.9. The molecule has 5 rings (SSSR count). The van der Waals surface area contributed by atoms with Gasteiger partial charge in [-0.15, -0.1) is 0 Å². The van der Waals surface area contributed by atoms with Gasteiger partial charge in [0.15, 0.2) is 0 Å². The molecule has 4 aromatic carbocycles. The lowest BCUT2D eigenvalue weighted by Crippen LogP contribution is -2.32. The van der Waals surface area contributed by atoms with Gasteiger partial charge in [-0.1, -0.05) is 71.2 Å². The molecule has 3 amide bonds. The average molecular weight is 537 g/mol. The molecule has 2 N–H and O–H groups in total. The quantitative estimate of drug-likeness (QED) is 0.274. The van der Waals surface area contributed by atoms with E-state index in [2.05, 4.69) is 10.6 Å². The van der Waals surface area contributed by atoms with Crippen LogP contribution >= 0.6 is 34.8 Å². The minimum atomic E-state index is -0.700. The normalized spacial score (nSPS) is 13.5. The standard InChI is InChI=1S/C27H16Cl3N3O3/c28-17-12-18(29)14-20(13-17)33-26(35)23(30)24(27(33)36)31-19-10-8-16(9-11-19)25(34)32-22-7-3-5-15-4-1-2-6-21(15)22/h1-14,31H,(H,32,34). The van der Waals surface area contributed by atoms with Gasteiger partial charge in [-0.2, -0.15) is 0 Å². The second kappa shape index (κ2) is 9.66. The molecule has 0 unspecified atom stereocenters. The fraction of sp³-hybridized carbons (Fsp3) is 0. The van der Waals surface area contributed by atoms with Crippen molar-refractivity contribution in [2.24, 2.45) is 0 Å². The van der Waals surface area contributed by atoms with Crippen LogP contribution in [0.3, 0.4) is 0 Å². The zero-order chi connectivity index (χ0) is 25.4. The van der Waals surface area contributed by atoms with E-state index in [1.165, 1.54) is 18.2 Å². The van der Waals surface area contributed by atoms with Crippen LogP contribution in [0.25, 0.3) is 10.8 Å². The largest absolute Gasteiger partial charge is 0.350 e. The fourth-order valence-corrected chi connectivity index (χ4v) is 4.62. The molecule has 36 heavy (non-hydrogen) atoms. The van der Waals surface area contributed by atoms with Crippen LogP contribution in [0.1, 0.15) is 10.4 Å². The Labute approximate surface area is 221 Å². The van der Waals surface area contributed by atoms with Gasteiger partial charge in [0, 0.05) is 32.4 Å². The van der Waals surface area contributed by atoms with Gasteiger partial charge in [-0.25, -0.2) is 4.90 Å². The van der Waals surface area contributed by atoms with Crippen molar-refractivity contribution < 1.29 is 14.4 Å². The number of halogens is 3. The Bertz CT molecular complexity index is 1560. The van der Waals surface area contributed by atoms with E-state index in [0.29, 0.717) is 16.9 Å². The first-order chi connectivity index (χ1) is 17.3. The molecular weight excluding hydrogens is 521 g/mol. The summed E-state index contributed by atoms with van der Waals surface area (Å²) in [6.07, 6.45) is 0. The lowest BCUT2D eigenvalue weighted by atomic mass is 10.1. The molecule has 0 aromatic heterocycles. The molecule has 0 saturated heterocycles. The number of hydrogen-bond donors (Lipinski definition) is 2. The third kappa shape index (κ3) is 4.54. The number of amides is 3. The van der Waals surface area contributed by atoms with Crippen LogP contribution in [-0.4, -0.2) is 17.7 Å². The van der Waals surface area contributed by atoms with Crippen LogP contribution in [-0.2, 0) is 9.59 Å². The zero-order valence-electron chi connectivity index (χ0n) is 18.4. The maximum Gasteiger partial charge on any atom is 0.283 e. The first kappa shape index (κ1) is 23.9. The molecule has 0 aliphatic carbocycles. The molecule has 6 nitrogen and oxygen atoms in total. The summed E-state index contributed by atoms with van der Waals surface area (Å²) in [7, 11) is 0. The van der Waals surface area contributed by atoms with Gasteiger partial charge in [0.05, 0.1) is 5.69 Å². The van der Waals surface area contributed by atoms with E-state index in [9.17, 15) is 14.4 Å². The van der Waals surface area contributed by atoms with Gasteiger partial charge in [-0.3, -0.25) is 14.4 Å². The molecular formula is C27H16Cl3N3O3. The highest BCUT2D eigenvalue weighted by Crippen LogP contribution is 2.33. The molecule has 0 spiro atoms. The van der Waals surface area contributed by atoms with Crippen molar-refractivity contribution in [3.63, 3.8) is 0 Å². The highest BCUT2D eigenvalue weighted by Gasteiger charge is 2.39. The number of imide groups is 1. The lowest BCUT2D eigenvalue weighted by Gasteiger charge is -2.16. The third-order valence-corrected chi connectivity index (χ3v) is 6.37. The highest BCUT2D eigenvalue weighted by atomic mass is 35.5. The summed E-state index contributed by atoms with van der Waals surface area (Å²) in [6.45, 7) is 0. The Kier molecular flexibility index (Phi) is 6.41. The van der Waals surface area contributed by atoms with Crippen molar-refractivity contribution >= 4 is 80.4 Å². The number of carbonyl (C=O) groups is 3. The Balaban J connectivity index is 1.33. The number of hydrogen-bond acceptors (Lipinski definition) is 4. The molecule has 1 heterocycles. The average Bonchev–Trinajstić information content (AvgIpc) is 3.07. The number of carbonyl (C=O) groups excluding carboxylic acids is 3. The summed E-state index contributed by atoms with van der Waals surface area (Å²) in [5.74, 6) is -1.64.